The molecule has 8 heteroatoms. The van der Waals surface area contributed by atoms with Crippen molar-refractivity contribution in [2.75, 3.05) is 13.2 Å². The van der Waals surface area contributed by atoms with Crippen molar-refractivity contribution in [2.24, 2.45) is 5.10 Å². The number of rotatable bonds is 8. The summed E-state index contributed by atoms with van der Waals surface area (Å²) in [5.74, 6) is 2.10. The van der Waals surface area contributed by atoms with Gasteiger partial charge in [-0.1, -0.05) is 29.8 Å². The first-order valence-corrected chi connectivity index (χ1v) is 12.1. The number of hydrogen-bond donors (Lipinski definition) is 0. The smallest absolute Gasteiger partial charge is 0.282 e. The van der Waals surface area contributed by atoms with Gasteiger partial charge in [0.05, 0.1) is 33.9 Å². The van der Waals surface area contributed by atoms with Gasteiger partial charge in [0.1, 0.15) is 5.82 Å². The molecule has 3 aromatic rings. The highest BCUT2D eigenvalue weighted by molar-refractivity contribution is 14.1. The highest BCUT2D eigenvalue weighted by Gasteiger charge is 2.16. The Labute approximate surface area is 203 Å². The van der Waals surface area contributed by atoms with Crippen LogP contribution in [0.4, 0.5) is 0 Å². The van der Waals surface area contributed by atoms with E-state index in [4.69, 9.17) is 14.5 Å². The molecule has 0 amide bonds. The van der Waals surface area contributed by atoms with Crippen molar-refractivity contribution >= 4 is 55.6 Å². The van der Waals surface area contributed by atoms with Crippen LogP contribution in [0.5, 0.6) is 11.5 Å². The van der Waals surface area contributed by atoms with E-state index in [0.717, 1.165) is 25.8 Å². The summed E-state index contributed by atoms with van der Waals surface area (Å²) >= 11 is 5.66. The largest absolute Gasteiger partial charge is 0.490 e. The lowest BCUT2D eigenvalue weighted by molar-refractivity contribution is 0.286. The molecule has 0 N–H and O–H groups in total. The number of fused-ring (bicyclic) bond motifs is 1. The first kappa shape index (κ1) is 23.7. The minimum Gasteiger partial charge on any atom is -0.490 e. The van der Waals surface area contributed by atoms with Crippen molar-refractivity contribution in [1.82, 2.24) is 9.66 Å². The molecule has 2 aromatic carbocycles. The van der Waals surface area contributed by atoms with Gasteiger partial charge in [0, 0.05) is 10.4 Å². The Hall–Kier alpha value is -1.94. The Morgan fingerprint density at radius 1 is 1.19 bits per heavy atom. The van der Waals surface area contributed by atoms with Gasteiger partial charge in [-0.2, -0.15) is 9.78 Å². The van der Waals surface area contributed by atoms with Crippen molar-refractivity contribution < 1.29 is 9.47 Å². The van der Waals surface area contributed by atoms with Gasteiger partial charge < -0.3 is 9.47 Å². The van der Waals surface area contributed by atoms with Crippen molar-refractivity contribution in [2.45, 2.75) is 40.0 Å². The maximum Gasteiger partial charge on any atom is 0.282 e. The van der Waals surface area contributed by atoms with Gasteiger partial charge in [-0.05, 0) is 78.8 Å². The summed E-state index contributed by atoms with van der Waals surface area (Å²) < 4.78 is 14.6. The van der Waals surface area contributed by atoms with Crippen molar-refractivity contribution in [3.05, 3.63) is 60.1 Å². The molecule has 1 aromatic heterocycles. The van der Waals surface area contributed by atoms with Crippen LogP contribution in [0.2, 0.25) is 0 Å². The molecule has 0 radical (unpaired) electrons. The maximum absolute atomic E-state index is 13.3. The molecule has 0 spiro atoms. The fraction of sp³-hybridized carbons (Fsp3) is 0.348. The summed E-state index contributed by atoms with van der Waals surface area (Å²) in [7, 11) is 0. The molecule has 3 rings (SSSR count). The number of benzene rings is 2. The summed E-state index contributed by atoms with van der Waals surface area (Å²) in [6.45, 7) is 9.06. The average Bonchev–Trinajstić information content (AvgIpc) is 2.75. The standard InChI is InChI=1S/C23H25BrIN3O3/c1-5-14(4)22-27-19-9-8-16(24)12-17(19)23(29)28(22)26-13-15-10-18(25)21(31-7-3)20(11-15)30-6-2/h8-14H,5-7H2,1-4H3/t14-/m1/s1. The lowest BCUT2D eigenvalue weighted by Crippen LogP contribution is -2.23. The van der Waals surface area contributed by atoms with Crippen LogP contribution in [0.3, 0.4) is 0 Å². The molecule has 0 aliphatic rings. The first-order chi connectivity index (χ1) is 14.9. The molecule has 0 aliphatic heterocycles. The van der Waals surface area contributed by atoms with E-state index in [1.165, 1.54) is 4.68 Å². The van der Waals surface area contributed by atoms with E-state index in [1.54, 1.807) is 12.3 Å². The maximum atomic E-state index is 13.3. The zero-order chi connectivity index (χ0) is 22.5. The molecule has 0 fully saturated rings. The number of hydrogen-bond acceptors (Lipinski definition) is 5. The number of aromatic nitrogens is 2. The molecule has 0 saturated carbocycles. The van der Waals surface area contributed by atoms with Crippen LogP contribution in [0.1, 0.15) is 51.4 Å². The van der Waals surface area contributed by atoms with E-state index >= 15 is 0 Å². The highest BCUT2D eigenvalue weighted by atomic mass is 127. The van der Waals surface area contributed by atoms with Crippen LogP contribution in [0, 0.1) is 3.57 Å². The Kier molecular flexibility index (Phi) is 8.10. The van der Waals surface area contributed by atoms with E-state index in [0.29, 0.717) is 35.7 Å². The lowest BCUT2D eigenvalue weighted by Gasteiger charge is -2.15. The summed E-state index contributed by atoms with van der Waals surface area (Å²) in [5, 5.41) is 5.07. The number of nitrogens with zero attached hydrogens (tertiary/aromatic N) is 3. The number of ether oxygens (including phenoxy) is 2. The quantitative estimate of drug-likeness (QED) is 0.237. The molecule has 0 unspecified atom stereocenters. The van der Waals surface area contributed by atoms with E-state index in [9.17, 15) is 4.79 Å². The summed E-state index contributed by atoms with van der Waals surface area (Å²) in [6.07, 6.45) is 2.51. The van der Waals surface area contributed by atoms with Gasteiger partial charge in [-0.3, -0.25) is 4.79 Å². The van der Waals surface area contributed by atoms with Gasteiger partial charge in [0.2, 0.25) is 0 Å². The summed E-state index contributed by atoms with van der Waals surface area (Å²) in [5.41, 5.74) is 1.29. The van der Waals surface area contributed by atoms with E-state index in [1.807, 2.05) is 45.0 Å². The molecular weight excluding hydrogens is 573 g/mol. The zero-order valence-electron chi connectivity index (χ0n) is 18.0. The Morgan fingerprint density at radius 3 is 2.61 bits per heavy atom. The van der Waals surface area contributed by atoms with Crippen LogP contribution in [0.15, 0.2) is 44.7 Å². The normalized spacial score (nSPS) is 12.5. The van der Waals surface area contributed by atoms with Crippen LogP contribution in [-0.2, 0) is 0 Å². The first-order valence-electron chi connectivity index (χ1n) is 10.2. The zero-order valence-corrected chi connectivity index (χ0v) is 21.7. The second-order valence-corrected chi connectivity index (χ2v) is 9.08. The fourth-order valence-corrected chi connectivity index (χ4v) is 4.26. The summed E-state index contributed by atoms with van der Waals surface area (Å²) in [4.78, 5) is 18.0. The van der Waals surface area contributed by atoms with Crippen LogP contribution in [0.25, 0.3) is 10.9 Å². The molecule has 0 bridgehead atoms. The molecule has 31 heavy (non-hydrogen) atoms. The molecule has 1 heterocycles. The van der Waals surface area contributed by atoms with Crippen LogP contribution in [-0.4, -0.2) is 29.1 Å². The average molecular weight is 598 g/mol. The van der Waals surface area contributed by atoms with Crippen LogP contribution < -0.4 is 15.0 Å². The highest BCUT2D eigenvalue weighted by Crippen LogP contribution is 2.34. The van der Waals surface area contributed by atoms with Crippen molar-refractivity contribution in [3.63, 3.8) is 0 Å². The monoisotopic (exact) mass is 597 g/mol. The van der Waals surface area contributed by atoms with E-state index < -0.39 is 0 Å². The minimum atomic E-state index is -0.191. The van der Waals surface area contributed by atoms with Gasteiger partial charge >= 0.3 is 0 Å². The third-order valence-corrected chi connectivity index (χ3v) is 6.12. The molecule has 0 aliphatic carbocycles. The second-order valence-electron chi connectivity index (χ2n) is 7.00. The number of halogens is 2. The fourth-order valence-electron chi connectivity index (χ4n) is 3.11. The molecule has 164 valence electrons. The topological polar surface area (TPSA) is 65.7 Å². The Bertz CT molecular complexity index is 1180. The van der Waals surface area contributed by atoms with E-state index in [2.05, 4.69) is 50.5 Å². The van der Waals surface area contributed by atoms with Crippen LogP contribution >= 0.6 is 38.5 Å². The Balaban J connectivity index is 2.14. The summed E-state index contributed by atoms with van der Waals surface area (Å²) in [6, 6.07) is 9.35. The molecule has 1 atom stereocenters. The minimum absolute atomic E-state index is 0.0809. The molecule has 0 saturated heterocycles. The van der Waals surface area contributed by atoms with Gasteiger partial charge in [-0.25, -0.2) is 4.98 Å². The Morgan fingerprint density at radius 2 is 1.94 bits per heavy atom. The molecule has 6 nitrogen and oxygen atoms in total. The lowest BCUT2D eigenvalue weighted by atomic mass is 10.1. The third kappa shape index (κ3) is 5.28. The van der Waals surface area contributed by atoms with Gasteiger partial charge in [0.15, 0.2) is 11.5 Å². The SMILES string of the molecule is CCOc1cc(C=Nn2c([C@H](C)CC)nc3ccc(Br)cc3c2=O)cc(I)c1OCC. The van der Waals surface area contributed by atoms with E-state index in [-0.39, 0.29) is 11.5 Å². The predicted molar refractivity (Wildman–Crippen MR) is 137 cm³/mol. The van der Waals surface area contributed by atoms with Gasteiger partial charge in [0.25, 0.3) is 5.56 Å². The second kappa shape index (κ2) is 10.6. The van der Waals surface area contributed by atoms with Crippen molar-refractivity contribution in [3.8, 4) is 11.5 Å². The predicted octanol–water partition coefficient (Wildman–Crippen LogP) is 5.96. The van der Waals surface area contributed by atoms with Crippen molar-refractivity contribution in [1.29, 1.82) is 0 Å². The molecular formula is C23H25BrIN3O3. The van der Waals surface area contributed by atoms with Gasteiger partial charge in [-0.15, -0.1) is 0 Å². The third-order valence-electron chi connectivity index (χ3n) is 4.83.